The number of hydrogen-bond acceptors (Lipinski definition) is 4. The summed E-state index contributed by atoms with van der Waals surface area (Å²) in [6, 6.07) is 0. The molecule has 1 N–H and O–H groups in total. The molecule has 56 valence electrons. The van der Waals surface area contributed by atoms with Gasteiger partial charge in [-0.15, -0.1) is 31.8 Å². The van der Waals surface area contributed by atoms with Crippen LogP contribution >= 0.6 is 37.0 Å². The van der Waals surface area contributed by atoms with E-state index in [1.54, 1.807) is 6.08 Å². The molecule has 0 saturated heterocycles. The largest absolute Gasteiger partial charge is 0.282 e. The maximum atomic E-state index is 4.34. The minimum absolute atomic E-state index is 0.321. The molecule has 0 fully saturated rings. The molecule has 2 nitrogen and oxygen atoms in total. The van der Waals surface area contributed by atoms with Crippen molar-refractivity contribution in [3.63, 3.8) is 0 Å². The third-order valence-electron chi connectivity index (χ3n) is 1.01. The van der Waals surface area contributed by atoms with E-state index in [1.165, 1.54) is 11.8 Å². The topological polar surface area (TPSA) is 24.4 Å². The molecule has 10 heavy (non-hydrogen) atoms. The summed E-state index contributed by atoms with van der Waals surface area (Å²) in [6.45, 7) is 3.62. The highest BCUT2D eigenvalue weighted by molar-refractivity contribution is 8.36. The van der Waals surface area contributed by atoms with E-state index >= 15 is 0 Å². The highest BCUT2D eigenvalue weighted by Crippen LogP contribution is 2.36. The summed E-state index contributed by atoms with van der Waals surface area (Å²) >= 11 is 9.89. The third kappa shape index (κ3) is 1.87. The molecular formula is C5H8N2S3. The van der Waals surface area contributed by atoms with Crippen molar-refractivity contribution in [2.75, 3.05) is 0 Å². The molecule has 1 aliphatic heterocycles. The van der Waals surface area contributed by atoms with Gasteiger partial charge in [-0.2, -0.15) is 5.10 Å². The van der Waals surface area contributed by atoms with Crippen molar-refractivity contribution < 1.29 is 0 Å². The number of nitrogens with one attached hydrogen (secondary N) is 1. The zero-order chi connectivity index (χ0) is 7.61. The van der Waals surface area contributed by atoms with Gasteiger partial charge < -0.3 is 0 Å². The van der Waals surface area contributed by atoms with Crippen LogP contribution in [0.1, 0.15) is 6.42 Å². The first-order valence-electron chi connectivity index (χ1n) is 2.72. The molecular weight excluding hydrogens is 184 g/mol. The molecule has 5 heteroatoms. The van der Waals surface area contributed by atoms with Gasteiger partial charge in [0, 0.05) is 6.42 Å². The maximum Gasteiger partial charge on any atom is 0.153 e. The molecule has 0 radical (unpaired) electrons. The lowest BCUT2D eigenvalue weighted by molar-refractivity contribution is 0.669. The van der Waals surface area contributed by atoms with Crippen molar-refractivity contribution in [3.05, 3.63) is 12.7 Å². The summed E-state index contributed by atoms with van der Waals surface area (Å²) < 4.78 is 0.399. The highest BCUT2D eigenvalue weighted by atomic mass is 32.2. The van der Waals surface area contributed by atoms with E-state index in [1.807, 2.05) is 0 Å². The van der Waals surface area contributed by atoms with E-state index in [0.29, 0.717) is 0 Å². The summed E-state index contributed by atoms with van der Waals surface area (Å²) in [5.41, 5.74) is 2.85. The van der Waals surface area contributed by atoms with Crippen LogP contribution in [0.2, 0.25) is 0 Å². The number of hydrazone groups is 1. The highest BCUT2D eigenvalue weighted by Gasteiger charge is 2.30. The summed E-state index contributed by atoms with van der Waals surface area (Å²) in [5, 5.41) is 3.88. The Kier molecular flexibility index (Phi) is 2.60. The second-order valence-electron chi connectivity index (χ2n) is 1.89. The lowest BCUT2D eigenvalue weighted by Crippen LogP contribution is -2.27. The van der Waals surface area contributed by atoms with Gasteiger partial charge in [0.1, 0.15) is 4.38 Å². The van der Waals surface area contributed by atoms with Gasteiger partial charge in [-0.1, -0.05) is 17.8 Å². The van der Waals surface area contributed by atoms with Gasteiger partial charge in [0.05, 0.1) is 0 Å². The number of rotatable bonds is 2. The molecule has 0 aromatic carbocycles. The molecule has 1 atom stereocenters. The van der Waals surface area contributed by atoms with Crippen molar-refractivity contribution in [1.82, 2.24) is 5.43 Å². The molecule has 0 bridgehead atoms. The Hall–Kier alpha value is 0.260. The maximum absolute atomic E-state index is 4.34. The zero-order valence-electron chi connectivity index (χ0n) is 5.24. The van der Waals surface area contributed by atoms with Crippen molar-refractivity contribution in [1.29, 1.82) is 0 Å². The fourth-order valence-corrected chi connectivity index (χ4v) is 2.47. The molecule has 0 spiro atoms. The summed E-state index contributed by atoms with van der Waals surface area (Å²) in [6.07, 6.45) is 2.56. The minimum Gasteiger partial charge on any atom is -0.282 e. The Bertz CT molecular complexity index is 180. The van der Waals surface area contributed by atoms with Crippen LogP contribution in [-0.2, 0) is 0 Å². The van der Waals surface area contributed by atoms with Crippen molar-refractivity contribution >= 4 is 41.4 Å². The Balaban J connectivity index is 2.51. The van der Waals surface area contributed by atoms with Gasteiger partial charge in [0.15, 0.2) is 4.20 Å². The number of thioether (sulfide) groups is 1. The average Bonchev–Trinajstić information content (AvgIpc) is 2.12. The molecule has 1 rings (SSSR count). The fraction of sp³-hybridized carbons (Fsp3) is 0.400. The smallest absolute Gasteiger partial charge is 0.153 e. The predicted octanol–water partition coefficient (Wildman–Crippen LogP) is 1.68. The van der Waals surface area contributed by atoms with Crippen LogP contribution in [0.5, 0.6) is 0 Å². The summed E-state index contributed by atoms with van der Waals surface area (Å²) in [4.78, 5) is 0. The van der Waals surface area contributed by atoms with Gasteiger partial charge in [-0.3, -0.25) is 5.43 Å². The number of thiol groups is 2. The molecule has 0 saturated carbocycles. The zero-order valence-corrected chi connectivity index (χ0v) is 7.85. The van der Waals surface area contributed by atoms with Gasteiger partial charge in [-0.25, -0.2) is 0 Å². The van der Waals surface area contributed by atoms with Crippen molar-refractivity contribution in [3.8, 4) is 0 Å². The van der Waals surface area contributed by atoms with E-state index in [2.05, 4.69) is 42.4 Å². The molecule has 0 unspecified atom stereocenters. The van der Waals surface area contributed by atoms with Crippen LogP contribution in [0.3, 0.4) is 0 Å². The summed E-state index contributed by atoms with van der Waals surface area (Å²) in [5.74, 6) is 0. The van der Waals surface area contributed by atoms with E-state index < -0.39 is 0 Å². The molecule has 0 amide bonds. The van der Waals surface area contributed by atoms with E-state index in [0.717, 1.165) is 10.8 Å². The molecule has 0 aromatic heterocycles. The Morgan fingerprint density at radius 1 is 1.90 bits per heavy atom. The van der Waals surface area contributed by atoms with Gasteiger partial charge in [0.25, 0.3) is 0 Å². The number of hydrogen-bond donors (Lipinski definition) is 3. The molecule has 0 aromatic rings. The normalized spacial score (nSPS) is 31.2. The molecule has 0 aliphatic carbocycles. The van der Waals surface area contributed by atoms with Crippen molar-refractivity contribution in [2.24, 2.45) is 5.10 Å². The first kappa shape index (κ1) is 8.36. The lowest BCUT2D eigenvalue weighted by atomic mass is 10.4. The first-order chi connectivity index (χ1) is 4.66. The lowest BCUT2D eigenvalue weighted by Gasteiger charge is -2.18. The quantitative estimate of drug-likeness (QED) is 0.458. The van der Waals surface area contributed by atoms with E-state index in [9.17, 15) is 0 Å². The first-order valence-corrected chi connectivity index (χ1v) is 4.43. The van der Waals surface area contributed by atoms with Crippen LogP contribution < -0.4 is 5.43 Å². The van der Waals surface area contributed by atoms with Crippen LogP contribution in [0.15, 0.2) is 17.8 Å². The van der Waals surface area contributed by atoms with E-state index in [-0.39, 0.29) is 4.20 Å². The Morgan fingerprint density at radius 2 is 2.60 bits per heavy atom. The second kappa shape index (κ2) is 3.11. The van der Waals surface area contributed by atoms with Crippen LogP contribution in [0.25, 0.3) is 0 Å². The SMILES string of the molecule is C=CC[C@@]1(S)NN=C(S)S1. The minimum atomic E-state index is -0.321. The van der Waals surface area contributed by atoms with Crippen molar-refractivity contribution in [2.45, 2.75) is 10.6 Å². The van der Waals surface area contributed by atoms with Gasteiger partial charge >= 0.3 is 0 Å². The van der Waals surface area contributed by atoms with Gasteiger partial charge in [-0.05, 0) is 0 Å². The molecule has 1 heterocycles. The standard InChI is InChI=1S/C5H8N2S3/c1-2-3-5(9)7-6-4(8)10-5/h2,7,9H,1,3H2,(H,6,8)/t5-/m0/s1. The Morgan fingerprint density at radius 3 is 3.00 bits per heavy atom. The average molecular weight is 192 g/mol. The fourth-order valence-electron chi connectivity index (χ4n) is 0.615. The molecule has 1 aliphatic rings. The van der Waals surface area contributed by atoms with E-state index in [4.69, 9.17) is 0 Å². The predicted molar refractivity (Wildman–Crippen MR) is 53.7 cm³/mol. The number of nitrogens with zero attached hydrogens (tertiary/aromatic N) is 1. The van der Waals surface area contributed by atoms with Crippen LogP contribution in [0, 0.1) is 0 Å². The summed E-state index contributed by atoms with van der Waals surface area (Å²) in [7, 11) is 0. The Labute approximate surface area is 75.4 Å². The van der Waals surface area contributed by atoms with Crippen LogP contribution in [-0.4, -0.2) is 8.58 Å². The van der Waals surface area contributed by atoms with Gasteiger partial charge in [0.2, 0.25) is 0 Å². The monoisotopic (exact) mass is 192 g/mol. The second-order valence-corrected chi connectivity index (χ2v) is 4.97. The van der Waals surface area contributed by atoms with Crippen LogP contribution in [0.4, 0.5) is 0 Å². The third-order valence-corrected chi connectivity index (χ3v) is 2.81.